The van der Waals surface area contributed by atoms with E-state index in [4.69, 9.17) is 16.3 Å². The van der Waals surface area contributed by atoms with Gasteiger partial charge in [0.05, 0.1) is 12.0 Å². The molecule has 1 N–H and O–H groups in total. The van der Waals surface area contributed by atoms with E-state index in [0.717, 1.165) is 22.5 Å². The van der Waals surface area contributed by atoms with Gasteiger partial charge in [-0.3, -0.25) is 0 Å². The van der Waals surface area contributed by atoms with E-state index < -0.39 is 10.0 Å². The number of sulfonamides is 1. The lowest BCUT2D eigenvalue weighted by Crippen LogP contribution is -2.28. The molecule has 3 rings (SSSR count). The van der Waals surface area contributed by atoms with Crippen molar-refractivity contribution in [2.24, 2.45) is 0 Å². The van der Waals surface area contributed by atoms with E-state index in [0.29, 0.717) is 30.3 Å². The van der Waals surface area contributed by atoms with Crippen LogP contribution in [-0.2, 0) is 10.0 Å². The van der Waals surface area contributed by atoms with Crippen LogP contribution in [0, 0.1) is 13.8 Å². The summed E-state index contributed by atoms with van der Waals surface area (Å²) in [6.07, 6.45) is 0.621. The van der Waals surface area contributed by atoms with Gasteiger partial charge >= 0.3 is 0 Å². The van der Waals surface area contributed by atoms with Gasteiger partial charge in [0, 0.05) is 29.5 Å². The molecule has 0 aliphatic heterocycles. The number of anilines is 2. The summed E-state index contributed by atoms with van der Waals surface area (Å²) in [6.45, 7) is 5.06. The Balaban J connectivity index is 1.74. The fourth-order valence-corrected chi connectivity index (χ4v) is 4.63. The maximum absolute atomic E-state index is 12.6. The Bertz CT molecular complexity index is 1130. The molecule has 0 unspecified atom stereocenters. The Labute approximate surface area is 189 Å². The maximum atomic E-state index is 12.6. The Morgan fingerprint density at radius 3 is 2.29 bits per heavy atom. The van der Waals surface area contributed by atoms with Gasteiger partial charge in [-0.25, -0.2) is 13.1 Å². The highest BCUT2D eigenvalue weighted by atomic mass is 35.5. The molecule has 7 heteroatoms. The topological polar surface area (TPSA) is 58.6 Å². The number of aryl methyl sites for hydroxylation is 2. The molecule has 0 amide bonds. The van der Waals surface area contributed by atoms with E-state index in [1.165, 1.54) is 12.1 Å². The molecule has 0 saturated carbocycles. The van der Waals surface area contributed by atoms with Crippen LogP contribution in [0.15, 0.2) is 71.6 Å². The van der Waals surface area contributed by atoms with Gasteiger partial charge in [0.1, 0.15) is 5.75 Å². The summed E-state index contributed by atoms with van der Waals surface area (Å²) in [5.41, 5.74) is 4.33. The van der Waals surface area contributed by atoms with Gasteiger partial charge in [0.25, 0.3) is 0 Å². The van der Waals surface area contributed by atoms with Gasteiger partial charge in [0.2, 0.25) is 10.0 Å². The maximum Gasteiger partial charge on any atom is 0.240 e. The highest BCUT2D eigenvalue weighted by Gasteiger charge is 2.16. The monoisotopic (exact) mass is 458 g/mol. The third kappa shape index (κ3) is 5.79. The molecule has 5 nitrogen and oxygen atoms in total. The predicted octanol–water partition coefficient (Wildman–Crippen LogP) is 5.47. The van der Waals surface area contributed by atoms with Crippen molar-refractivity contribution in [3.8, 4) is 5.75 Å². The number of halogens is 1. The number of hydrogen-bond donors (Lipinski definition) is 1. The van der Waals surface area contributed by atoms with Crippen LogP contribution in [-0.4, -0.2) is 28.6 Å². The van der Waals surface area contributed by atoms with Gasteiger partial charge in [0.15, 0.2) is 0 Å². The Hall–Kier alpha value is -2.54. The average molecular weight is 459 g/mol. The normalized spacial score (nSPS) is 11.4. The molecule has 3 aromatic carbocycles. The van der Waals surface area contributed by atoms with Gasteiger partial charge in [-0.2, -0.15) is 0 Å². The van der Waals surface area contributed by atoms with Gasteiger partial charge < -0.3 is 9.64 Å². The third-order valence-electron chi connectivity index (χ3n) is 5.09. The summed E-state index contributed by atoms with van der Waals surface area (Å²) in [5, 5.41) is 0.666. The molecule has 0 aromatic heterocycles. The molecule has 3 aromatic rings. The van der Waals surface area contributed by atoms with Gasteiger partial charge in [-0.05, 0) is 73.9 Å². The van der Waals surface area contributed by atoms with Crippen LogP contribution in [0.3, 0.4) is 0 Å². The lowest BCUT2D eigenvalue weighted by Gasteiger charge is -2.28. The van der Waals surface area contributed by atoms with Crippen molar-refractivity contribution in [3.63, 3.8) is 0 Å². The van der Waals surface area contributed by atoms with Gasteiger partial charge in [-0.15, -0.1) is 0 Å². The summed E-state index contributed by atoms with van der Waals surface area (Å²) in [4.78, 5) is 2.41. The van der Waals surface area contributed by atoms with Crippen molar-refractivity contribution in [3.05, 3.63) is 82.9 Å². The molecule has 0 spiro atoms. The largest absolute Gasteiger partial charge is 0.497 e. The van der Waals surface area contributed by atoms with E-state index in [1.807, 2.05) is 37.3 Å². The van der Waals surface area contributed by atoms with Crippen LogP contribution in [0.5, 0.6) is 5.75 Å². The Morgan fingerprint density at radius 1 is 0.935 bits per heavy atom. The molecule has 0 radical (unpaired) electrons. The number of methoxy groups -OCH3 is 1. The number of benzene rings is 3. The third-order valence-corrected chi connectivity index (χ3v) is 6.80. The summed E-state index contributed by atoms with van der Waals surface area (Å²) >= 11 is 6.27. The lowest BCUT2D eigenvalue weighted by atomic mass is 10.1. The number of hydrogen-bond acceptors (Lipinski definition) is 4. The predicted molar refractivity (Wildman–Crippen MR) is 127 cm³/mol. The number of rotatable bonds is 9. The second-order valence-electron chi connectivity index (χ2n) is 7.30. The zero-order valence-corrected chi connectivity index (χ0v) is 19.5. The number of nitrogens with one attached hydrogen (secondary N) is 1. The van der Waals surface area contributed by atoms with Crippen LogP contribution in [0.1, 0.15) is 17.5 Å². The Kier molecular flexibility index (Phi) is 7.59. The standard InChI is InChI=1S/C24H27ClN2O3S/c1-18-7-4-5-8-23(18)27(24-17-20(25)10-9-19(24)2)16-6-15-26-31(28,29)22-13-11-21(30-3)12-14-22/h4-5,7-14,17,26H,6,15-16H2,1-3H3. The Morgan fingerprint density at radius 2 is 1.61 bits per heavy atom. The first-order chi connectivity index (χ1) is 14.8. The van der Waals surface area contributed by atoms with Crippen LogP contribution in [0.2, 0.25) is 5.02 Å². The average Bonchev–Trinajstić information content (AvgIpc) is 2.76. The smallest absolute Gasteiger partial charge is 0.240 e. The molecule has 0 bridgehead atoms. The summed E-state index contributed by atoms with van der Waals surface area (Å²) < 4.78 is 33.0. The first-order valence-corrected chi connectivity index (χ1v) is 11.9. The second kappa shape index (κ2) is 10.2. The summed E-state index contributed by atoms with van der Waals surface area (Å²) in [7, 11) is -2.04. The fourth-order valence-electron chi connectivity index (χ4n) is 3.39. The van der Waals surface area contributed by atoms with E-state index >= 15 is 0 Å². The zero-order valence-electron chi connectivity index (χ0n) is 17.9. The quantitative estimate of drug-likeness (QED) is 0.432. The van der Waals surface area contributed by atoms with E-state index in [1.54, 1.807) is 19.2 Å². The van der Waals surface area contributed by atoms with Crippen molar-refractivity contribution in [1.29, 1.82) is 0 Å². The van der Waals surface area contributed by atoms with Crippen LogP contribution < -0.4 is 14.4 Å². The van der Waals surface area contributed by atoms with Crippen LogP contribution in [0.4, 0.5) is 11.4 Å². The minimum absolute atomic E-state index is 0.217. The molecule has 0 aliphatic rings. The van der Waals surface area contributed by atoms with E-state index in [-0.39, 0.29) is 4.90 Å². The fraction of sp³-hybridized carbons (Fsp3) is 0.250. The molecular formula is C24H27ClN2O3S. The van der Waals surface area contributed by atoms with Crippen LogP contribution in [0.25, 0.3) is 0 Å². The first-order valence-electron chi connectivity index (χ1n) is 10.0. The minimum atomic E-state index is -3.58. The molecule has 164 valence electrons. The van der Waals surface area contributed by atoms with Crippen molar-refractivity contribution in [2.75, 3.05) is 25.1 Å². The molecule has 31 heavy (non-hydrogen) atoms. The highest BCUT2D eigenvalue weighted by Crippen LogP contribution is 2.32. The summed E-state index contributed by atoms with van der Waals surface area (Å²) in [6, 6.07) is 20.3. The van der Waals surface area contributed by atoms with Crippen molar-refractivity contribution >= 4 is 33.0 Å². The first kappa shape index (κ1) is 23.1. The van der Waals surface area contributed by atoms with E-state index in [9.17, 15) is 8.42 Å². The van der Waals surface area contributed by atoms with Crippen molar-refractivity contribution < 1.29 is 13.2 Å². The van der Waals surface area contributed by atoms with Crippen molar-refractivity contribution in [1.82, 2.24) is 4.72 Å². The van der Waals surface area contributed by atoms with Crippen LogP contribution >= 0.6 is 11.6 Å². The molecule has 0 fully saturated rings. The summed E-state index contributed by atoms with van der Waals surface area (Å²) in [5.74, 6) is 0.615. The highest BCUT2D eigenvalue weighted by molar-refractivity contribution is 7.89. The lowest BCUT2D eigenvalue weighted by molar-refractivity contribution is 0.414. The number of nitrogens with zero attached hydrogens (tertiary/aromatic N) is 1. The van der Waals surface area contributed by atoms with Gasteiger partial charge in [-0.1, -0.05) is 35.9 Å². The van der Waals surface area contributed by atoms with Crippen molar-refractivity contribution in [2.45, 2.75) is 25.2 Å². The molecule has 0 atom stereocenters. The molecule has 0 aliphatic carbocycles. The second-order valence-corrected chi connectivity index (χ2v) is 9.50. The van der Waals surface area contributed by atoms with E-state index in [2.05, 4.69) is 28.7 Å². The molecular weight excluding hydrogens is 432 g/mol. The number of ether oxygens (including phenoxy) is 1. The number of para-hydroxylation sites is 1. The molecule has 0 saturated heterocycles. The zero-order chi connectivity index (χ0) is 22.4. The molecule has 0 heterocycles. The minimum Gasteiger partial charge on any atom is -0.497 e. The SMILES string of the molecule is COc1ccc(S(=O)(=O)NCCCN(c2ccccc2C)c2cc(Cl)ccc2C)cc1.